The highest BCUT2D eigenvalue weighted by Crippen LogP contribution is 2.41. The molecule has 5 nitrogen and oxygen atoms in total. The minimum atomic E-state index is -4.46. The molecular formula is C14H14F3N3O2. The second-order valence-corrected chi connectivity index (χ2v) is 5.25. The molecule has 0 radical (unpaired) electrons. The molecule has 2 heterocycles. The normalized spacial score (nSPS) is 22.3. The second kappa shape index (κ2) is 5.28. The number of aliphatic hydroxyl groups excluding tert-OH is 1. The molecule has 2 atom stereocenters. The zero-order chi connectivity index (χ0) is 15.9. The predicted octanol–water partition coefficient (Wildman–Crippen LogP) is 2.71. The number of aromatic nitrogens is 2. The van der Waals surface area contributed by atoms with Crippen LogP contribution in [0, 0.1) is 6.92 Å². The van der Waals surface area contributed by atoms with Crippen LogP contribution >= 0.6 is 0 Å². The Morgan fingerprint density at radius 2 is 2.00 bits per heavy atom. The van der Waals surface area contributed by atoms with Gasteiger partial charge in [0.05, 0.1) is 17.7 Å². The average molecular weight is 313 g/mol. The molecule has 1 saturated heterocycles. The summed E-state index contributed by atoms with van der Waals surface area (Å²) < 4.78 is 44.9. The molecule has 0 unspecified atom stereocenters. The minimum Gasteiger partial charge on any atom is -0.408 e. The molecule has 0 saturated carbocycles. The van der Waals surface area contributed by atoms with Crippen molar-refractivity contribution in [3.8, 4) is 0 Å². The second-order valence-electron chi connectivity index (χ2n) is 5.25. The van der Waals surface area contributed by atoms with Crippen molar-refractivity contribution in [2.75, 3.05) is 11.4 Å². The Bertz CT molecular complexity index is 671. The van der Waals surface area contributed by atoms with E-state index in [1.165, 1.54) is 17.0 Å². The summed E-state index contributed by atoms with van der Waals surface area (Å²) in [6.07, 6.45) is -5.03. The van der Waals surface area contributed by atoms with Crippen LogP contribution < -0.4 is 4.90 Å². The van der Waals surface area contributed by atoms with E-state index in [2.05, 4.69) is 10.2 Å². The van der Waals surface area contributed by atoms with Crippen molar-refractivity contribution in [1.29, 1.82) is 0 Å². The lowest BCUT2D eigenvalue weighted by Gasteiger charge is -2.25. The molecule has 0 aliphatic carbocycles. The third-order valence-corrected chi connectivity index (χ3v) is 3.67. The first-order chi connectivity index (χ1) is 10.4. The first-order valence-electron chi connectivity index (χ1n) is 6.77. The van der Waals surface area contributed by atoms with Crippen LogP contribution in [0.2, 0.25) is 0 Å². The first kappa shape index (κ1) is 14.8. The first-order valence-corrected chi connectivity index (χ1v) is 6.77. The molecule has 1 fully saturated rings. The third kappa shape index (κ3) is 2.66. The molecule has 3 rings (SSSR count). The molecular weight excluding hydrogens is 299 g/mol. The standard InChI is InChI=1S/C14H14F3N3O2/c1-8-18-19-13(22-8)20-7-9(21)6-12(20)10-4-2-3-5-11(10)14(15,16)17/h2-5,9,12,21H,6-7H2,1H3/t9-,12-/m1/s1. The van der Waals surface area contributed by atoms with Crippen LogP contribution in [0.25, 0.3) is 0 Å². The average Bonchev–Trinajstić information content (AvgIpc) is 3.04. The van der Waals surface area contributed by atoms with E-state index in [9.17, 15) is 18.3 Å². The number of aliphatic hydroxyl groups is 1. The van der Waals surface area contributed by atoms with Gasteiger partial charge >= 0.3 is 12.2 Å². The van der Waals surface area contributed by atoms with Crippen LogP contribution in [0.15, 0.2) is 28.7 Å². The molecule has 118 valence electrons. The van der Waals surface area contributed by atoms with Gasteiger partial charge in [0.2, 0.25) is 5.89 Å². The summed E-state index contributed by atoms with van der Waals surface area (Å²) in [6, 6.07) is 4.81. The number of alkyl halides is 3. The topological polar surface area (TPSA) is 62.4 Å². The highest BCUT2D eigenvalue weighted by molar-refractivity contribution is 5.41. The van der Waals surface area contributed by atoms with E-state index in [0.29, 0.717) is 5.89 Å². The zero-order valence-corrected chi connectivity index (χ0v) is 11.7. The van der Waals surface area contributed by atoms with Gasteiger partial charge in [-0.25, -0.2) is 0 Å². The molecule has 1 N–H and O–H groups in total. The Balaban J connectivity index is 2.03. The molecule has 1 aliphatic heterocycles. The Labute approximate surface area is 124 Å². The maximum Gasteiger partial charge on any atom is 0.416 e. The largest absolute Gasteiger partial charge is 0.416 e. The number of hydrogen-bond donors (Lipinski definition) is 1. The van der Waals surface area contributed by atoms with E-state index < -0.39 is 23.9 Å². The zero-order valence-electron chi connectivity index (χ0n) is 11.7. The van der Waals surface area contributed by atoms with Crippen molar-refractivity contribution in [1.82, 2.24) is 10.2 Å². The maximum absolute atomic E-state index is 13.2. The van der Waals surface area contributed by atoms with Crippen molar-refractivity contribution in [2.24, 2.45) is 0 Å². The molecule has 0 bridgehead atoms. The van der Waals surface area contributed by atoms with Crippen LogP contribution in [-0.4, -0.2) is 28.0 Å². The van der Waals surface area contributed by atoms with Gasteiger partial charge in [-0.1, -0.05) is 23.3 Å². The van der Waals surface area contributed by atoms with Crippen molar-refractivity contribution in [3.05, 3.63) is 41.3 Å². The Morgan fingerprint density at radius 1 is 1.27 bits per heavy atom. The van der Waals surface area contributed by atoms with Gasteiger partial charge < -0.3 is 14.4 Å². The Kier molecular flexibility index (Phi) is 3.56. The number of hydrogen-bond acceptors (Lipinski definition) is 5. The van der Waals surface area contributed by atoms with Crippen LogP contribution in [0.4, 0.5) is 19.2 Å². The van der Waals surface area contributed by atoms with E-state index in [0.717, 1.165) is 6.07 Å². The molecule has 2 aromatic rings. The highest BCUT2D eigenvalue weighted by atomic mass is 19.4. The van der Waals surface area contributed by atoms with Crippen LogP contribution in [-0.2, 0) is 6.18 Å². The SMILES string of the molecule is Cc1nnc(N2C[C@H](O)C[C@@H]2c2ccccc2C(F)(F)F)o1. The number of halogens is 3. The van der Waals surface area contributed by atoms with E-state index in [4.69, 9.17) is 4.42 Å². The molecule has 22 heavy (non-hydrogen) atoms. The predicted molar refractivity (Wildman–Crippen MR) is 71.2 cm³/mol. The molecule has 0 spiro atoms. The van der Waals surface area contributed by atoms with Crippen molar-refractivity contribution in [3.63, 3.8) is 0 Å². The minimum absolute atomic E-state index is 0.0994. The summed E-state index contributed by atoms with van der Waals surface area (Å²) in [4.78, 5) is 1.52. The van der Waals surface area contributed by atoms with Gasteiger partial charge in [0.25, 0.3) is 0 Å². The summed E-state index contributed by atoms with van der Waals surface area (Å²) in [6.45, 7) is 1.75. The van der Waals surface area contributed by atoms with Crippen molar-refractivity contribution < 1.29 is 22.7 Å². The van der Waals surface area contributed by atoms with Gasteiger partial charge in [-0.2, -0.15) is 13.2 Å². The third-order valence-electron chi connectivity index (χ3n) is 3.67. The lowest BCUT2D eigenvalue weighted by Crippen LogP contribution is -2.26. The molecule has 1 aromatic carbocycles. The summed E-state index contributed by atoms with van der Waals surface area (Å²) >= 11 is 0. The number of nitrogens with zero attached hydrogens (tertiary/aromatic N) is 3. The number of benzene rings is 1. The summed E-state index contributed by atoms with van der Waals surface area (Å²) in [5, 5.41) is 17.4. The molecule has 8 heteroatoms. The summed E-state index contributed by atoms with van der Waals surface area (Å²) in [7, 11) is 0. The quantitative estimate of drug-likeness (QED) is 0.923. The number of rotatable bonds is 2. The molecule has 1 aliphatic rings. The molecule has 0 amide bonds. The Morgan fingerprint density at radius 3 is 2.64 bits per heavy atom. The van der Waals surface area contributed by atoms with Gasteiger partial charge in [-0.05, 0) is 18.1 Å². The van der Waals surface area contributed by atoms with E-state index in [-0.39, 0.29) is 24.5 Å². The van der Waals surface area contributed by atoms with Crippen LogP contribution in [0.3, 0.4) is 0 Å². The smallest absolute Gasteiger partial charge is 0.408 e. The van der Waals surface area contributed by atoms with Gasteiger partial charge in [-0.15, -0.1) is 5.10 Å². The van der Waals surface area contributed by atoms with Crippen LogP contribution in [0.5, 0.6) is 0 Å². The Hall–Kier alpha value is -2.09. The van der Waals surface area contributed by atoms with E-state index >= 15 is 0 Å². The van der Waals surface area contributed by atoms with E-state index in [1.54, 1.807) is 13.0 Å². The van der Waals surface area contributed by atoms with Gasteiger partial charge in [-0.3, -0.25) is 0 Å². The van der Waals surface area contributed by atoms with Crippen molar-refractivity contribution in [2.45, 2.75) is 31.7 Å². The summed E-state index contributed by atoms with van der Waals surface area (Å²) in [5.74, 6) is 0.319. The number of aryl methyl sites for hydroxylation is 1. The van der Waals surface area contributed by atoms with Gasteiger partial charge in [0.15, 0.2) is 0 Å². The number of anilines is 1. The van der Waals surface area contributed by atoms with Gasteiger partial charge in [0.1, 0.15) is 0 Å². The van der Waals surface area contributed by atoms with Crippen LogP contribution in [0.1, 0.15) is 29.5 Å². The van der Waals surface area contributed by atoms with Gasteiger partial charge in [0, 0.05) is 13.5 Å². The monoisotopic (exact) mass is 313 g/mol. The molecule has 1 aromatic heterocycles. The lowest BCUT2D eigenvalue weighted by molar-refractivity contribution is -0.138. The lowest BCUT2D eigenvalue weighted by atomic mass is 9.98. The maximum atomic E-state index is 13.2. The fourth-order valence-corrected chi connectivity index (χ4v) is 2.77. The van der Waals surface area contributed by atoms with Crippen molar-refractivity contribution >= 4 is 6.01 Å². The summed E-state index contributed by atoms with van der Waals surface area (Å²) in [5.41, 5.74) is -0.613. The van der Waals surface area contributed by atoms with E-state index in [1.807, 2.05) is 0 Å². The highest BCUT2D eigenvalue weighted by Gasteiger charge is 2.41. The fraction of sp³-hybridized carbons (Fsp3) is 0.429. The number of β-amino-alcohol motifs (C(OH)–C–C–N with tert-alkyl or cyclic N) is 1. The fourth-order valence-electron chi connectivity index (χ4n) is 2.77.